The SMILES string of the molecule is CCONC(=O)[C@@H]1COc2ccccc2C1. The lowest BCUT2D eigenvalue weighted by atomic mass is 9.96. The maximum atomic E-state index is 11.7. The number of amides is 1. The van der Waals surface area contributed by atoms with Crippen LogP contribution in [0.4, 0.5) is 0 Å². The van der Waals surface area contributed by atoms with Gasteiger partial charge in [0, 0.05) is 0 Å². The van der Waals surface area contributed by atoms with E-state index in [4.69, 9.17) is 9.57 Å². The van der Waals surface area contributed by atoms with Crippen molar-refractivity contribution in [3.05, 3.63) is 29.8 Å². The molecule has 0 fully saturated rings. The number of hydrogen-bond acceptors (Lipinski definition) is 3. The maximum absolute atomic E-state index is 11.7. The lowest BCUT2D eigenvalue weighted by molar-refractivity contribution is -0.138. The van der Waals surface area contributed by atoms with E-state index in [2.05, 4.69) is 5.48 Å². The minimum absolute atomic E-state index is 0.114. The largest absolute Gasteiger partial charge is 0.492 e. The second kappa shape index (κ2) is 4.99. The Morgan fingerprint density at radius 1 is 1.56 bits per heavy atom. The molecule has 0 aromatic heterocycles. The first kappa shape index (κ1) is 11.0. The van der Waals surface area contributed by atoms with Gasteiger partial charge in [-0.2, -0.15) is 0 Å². The number of carbonyl (C=O) groups excluding carboxylic acids is 1. The lowest BCUT2D eigenvalue weighted by Gasteiger charge is -2.24. The maximum Gasteiger partial charge on any atom is 0.250 e. The third kappa shape index (κ3) is 2.33. The van der Waals surface area contributed by atoms with Gasteiger partial charge in [-0.25, -0.2) is 5.48 Å². The Kier molecular flexibility index (Phi) is 3.41. The van der Waals surface area contributed by atoms with E-state index in [0.717, 1.165) is 11.3 Å². The van der Waals surface area contributed by atoms with E-state index in [1.54, 1.807) is 0 Å². The van der Waals surface area contributed by atoms with Crippen LogP contribution in [-0.2, 0) is 16.1 Å². The van der Waals surface area contributed by atoms with Crippen molar-refractivity contribution >= 4 is 5.91 Å². The molecule has 16 heavy (non-hydrogen) atoms. The summed E-state index contributed by atoms with van der Waals surface area (Å²) < 4.78 is 5.52. The van der Waals surface area contributed by atoms with Crippen molar-refractivity contribution in [2.45, 2.75) is 13.3 Å². The molecule has 1 atom stereocenters. The predicted molar refractivity (Wildman–Crippen MR) is 58.9 cm³/mol. The summed E-state index contributed by atoms with van der Waals surface area (Å²) in [4.78, 5) is 16.5. The van der Waals surface area contributed by atoms with Gasteiger partial charge in [-0.05, 0) is 25.0 Å². The smallest absolute Gasteiger partial charge is 0.250 e. The Morgan fingerprint density at radius 2 is 2.38 bits per heavy atom. The first-order valence-electron chi connectivity index (χ1n) is 5.43. The summed E-state index contributed by atoms with van der Waals surface area (Å²) in [6, 6.07) is 7.78. The molecule has 86 valence electrons. The zero-order valence-electron chi connectivity index (χ0n) is 9.23. The number of carbonyl (C=O) groups is 1. The van der Waals surface area contributed by atoms with Gasteiger partial charge in [-0.15, -0.1) is 0 Å². The van der Waals surface area contributed by atoms with E-state index in [9.17, 15) is 4.79 Å². The molecule has 1 aliphatic rings. The van der Waals surface area contributed by atoms with Crippen LogP contribution in [0, 0.1) is 5.92 Å². The highest BCUT2D eigenvalue weighted by molar-refractivity contribution is 5.78. The third-order valence-electron chi connectivity index (χ3n) is 2.57. The van der Waals surface area contributed by atoms with Gasteiger partial charge in [0.15, 0.2) is 0 Å². The Hall–Kier alpha value is -1.55. The first-order chi connectivity index (χ1) is 7.81. The summed E-state index contributed by atoms with van der Waals surface area (Å²) in [5.74, 6) is 0.598. The number of fused-ring (bicyclic) bond motifs is 1. The van der Waals surface area contributed by atoms with E-state index in [1.807, 2.05) is 31.2 Å². The molecule has 0 unspecified atom stereocenters. The summed E-state index contributed by atoms with van der Waals surface area (Å²) >= 11 is 0. The van der Waals surface area contributed by atoms with Crippen molar-refractivity contribution in [3.8, 4) is 5.75 Å². The topological polar surface area (TPSA) is 47.6 Å². The number of para-hydroxylation sites is 1. The van der Waals surface area contributed by atoms with E-state index >= 15 is 0 Å². The van der Waals surface area contributed by atoms with Gasteiger partial charge >= 0.3 is 0 Å². The molecule has 1 N–H and O–H groups in total. The second-order valence-electron chi connectivity index (χ2n) is 3.72. The van der Waals surface area contributed by atoms with Crippen molar-refractivity contribution in [2.75, 3.05) is 13.2 Å². The van der Waals surface area contributed by atoms with Crippen molar-refractivity contribution < 1.29 is 14.4 Å². The number of ether oxygens (including phenoxy) is 1. The van der Waals surface area contributed by atoms with Crippen molar-refractivity contribution in [1.82, 2.24) is 5.48 Å². The van der Waals surface area contributed by atoms with Crippen LogP contribution in [0.15, 0.2) is 24.3 Å². The molecule has 1 amide bonds. The highest BCUT2D eigenvalue weighted by atomic mass is 16.6. The van der Waals surface area contributed by atoms with Gasteiger partial charge in [0.1, 0.15) is 12.4 Å². The first-order valence-corrected chi connectivity index (χ1v) is 5.43. The fraction of sp³-hybridized carbons (Fsp3) is 0.417. The molecule has 1 aliphatic heterocycles. The molecule has 0 aliphatic carbocycles. The fourth-order valence-corrected chi connectivity index (χ4v) is 1.72. The number of nitrogens with one attached hydrogen (secondary N) is 1. The Labute approximate surface area is 94.5 Å². The Bertz CT molecular complexity index is 378. The van der Waals surface area contributed by atoms with Crippen LogP contribution in [0.2, 0.25) is 0 Å². The molecule has 1 aromatic rings. The van der Waals surface area contributed by atoms with Crippen LogP contribution in [-0.4, -0.2) is 19.1 Å². The minimum atomic E-state index is -0.165. The van der Waals surface area contributed by atoms with Crippen LogP contribution >= 0.6 is 0 Å². The molecule has 0 radical (unpaired) electrons. The van der Waals surface area contributed by atoms with Crippen molar-refractivity contribution in [1.29, 1.82) is 0 Å². The van der Waals surface area contributed by atoms with Gasteiger partial charge in [-0.1, -0.05) is 18.2 Å². The quantitative estimate of drug-likeness (QED) is 0.783. The zero-order valence-corrected chi connectivity index (χ0v) is 9.23. The average molecular weight is 221 g/mol. The van der Waals surface area contributed by atoms with E-state index in [1.165, 1.54) is 0 Å². The summed E-state index contributed by atoms with van der Waals surface area (Å²) in [7, 11) is 0. The predicted octanol–water partition coefficient (Wildman–Crippen LogP) is 1.31. The average Bonchev–Trinajstić information content (AvgIpc) is 2.35. The van der Waals surface area contributed by atoms with E-state index in [-0.39, 0.29) is 11.8 Å². The van der Waals surface area contributed by atoms with Crippen molar-refractivity contribution in [2.24, 2.45) is 5.92 Å². The second-order valence-corrected chi connectivity index (χ2v) is 3.72. The summed E-state index contributed by atoms with van der Waals surface area (Å²) in [5, 5.41) is 0. The van der Waals surface area contributed by atoms with Gasteiger partial charge in [0.05, 0.1) is 12.5 Å². The van der Waals surface area contributed by atoms with Crippen LogP contribution in [0.5, 0.6) is 5.75 Å². The molecule has 4 heteroatoms. The third-order valence-corrected chi connectivity index (χ3v) is 2.57. The van der Waals surface area contributed by atoms with E-state index < -0.39 is 0 Å². The van der Waals surface area contributed by atoms with Crippen LogP contribution in [0.3, 0.4) is 0 Å². The number of hydrogen-bond donors (Lipinski definition) is 1. The Balaban J connectivity index is 1.99. The molecule has 0 spiro atoms. The molecule has 1 heterocycles. The zero-order chi connectivity index (χ0) is 11.4. The molecule has 1 aromatic carbocycles. The van der Waals surface area contributed by atoms with Gasteiger partial charge < -0.3 is 4.74 Å². The molecule has 4 nitrogen and oxygen atoms in total. The molecule has 2 rings (SSSR count). The van der Waals surface area contributed by atoms with Crippen LogP contribution < -0.4 is 10.2 Å². The normalized spacial score (nSPS) is 18.4. The summed E-state index contributed by atoms with van der Waals surface area (Å²) in [6.45, 7) is 2.71. The Morgan fingerprint density at radius 3 is 3.19 bits per heavy atom. The summed E-state index contributed by atoms with van der Waals surface area (Å²) in [5.41, 5.74) is 3.49. The highest BCUT2D eigenvalue weighted by Gasteiger charge is 2.25. The van der Waals surface area contributed by atoms with Crippen LogP contribution in [0.25, 0.3) is 0 Å². The number of benzene rings is 1. The molecule has 0 saturated heterocycles. The molecule has 0 bridgehead atoms. The standard InChI is InChI=1S/C12H15NO3/c1-2-16-13-12(14)10-7-9-5-3-4-6-11(9)15-8-10/h3-6,10H,2,7-8H2,1H3,(H,13,14)/t10-/m0/s1. The minimum Gasteiger partial charge on any atom is -0.492 e. The lowest BCUT2D eigenvalue weighted by Crippen LogP contribution is -2.37. The monoisotopic (exact) mass is 221 g/mol. The van der Waals surface area contributed by atoms with Crippen molar-refractivity contribution in [3.63, 3.8) is 0 Å². The van der Waals surface area contributed by atoms with Gasteiger partial charge in [-0.3, -0.25) is 9.63 Å². The highest BCUT2D eigenvalue weighted by Crippen LogP contribution is 2.26. The molecular formula is C12H15NO3. The molecular weight excluding hydrogens is 206 g/mol. The fourth-order valence-electron chi connectivity index (χ4n) is 1.72. The summed E-state index contributed by atoms with van der Waals surface area (Å²) in [6.07, 6.45) is 0.703. The van der Waals surface area contributed by atoms with Gasteiger partial charge in [0.25, 0.3) is 0 Å². The number of rotatable bonds is 3. The molecule has 0 saturated carbocycles. The number of hydroxylamine groups is 1. The van der Waals surface area contributed by atoms with E-state index in [0.29, 0.717) is 19.6 Å². The van der Waals surface area contributed by atoms with Gasteiger partial charge in [0.2, 0.25) is 5.91 Å². The van der Waals surface area contributed by atoms with Crippen LogP contribution in [0.1, 0.15) is 12.5 Å².